The van der Waals surface area contributed by atoms with Gasteiger partial charge < -0.3 is 20.6 Å². The van der Waals surface area contributed by atoms with Crippen molar-refractivity contribution < 1.29 is 20.1 Å². The van der Waals surface area contributed by atoms with Gasteiger partial charge in [0.1, 0.15) is 6.10 Å². The Labute approximate surface area is 338 Å². The van der Waals surface area contributed by atoms with E-state index < -0.39 is 18.2 Å². The van der Waals surface area contributed by atoms with E-state index in [1.165, 1.54) is 225 Å². The minimum atomic E-state index is -1.13. The molecule has 0 fully saturated rings. The Morgan fingerprint density at radius 1 is 0.389 bits per heavy atom. The molecule has 4 N–H and O–H groups in total. The summed E-state index contributed by atoms with van der Waals surface area (Å²) < 4.78 is 0. The molecule has 0 aliphatic heterocycles. The fourth-order valence-corrected chi connectivity index (χ4v) is 8.11. The molecule has 0 aliphatic rings. The normalized spacial score (nSPS) is 13.4. The molecule has 0 saturated carbocycles. The van der Waals surface area contributed by atoms with E-state index >= 15 is 0 Å². The van der Waals surface area contributed by atoms with Gasteiger partial charge in [-0.15, -0.1) is 0 Å². The van der Waals surface area contributed by atoms with Gasteiger partial charge in [-0.25, -0.2) is 0 Å². The van der Waals surface area contributed by atoms with Crippen LogP contribution in [0.2, 0.25) is 0 Å². The molecule has 0 rings (SSSR count). The van der Waals surface area contributed by atoms with Gasteiger partial charge in [0.2, 0.25) is 5.91 Å². The van der Waals surface area contributed by atoms with Crippen LogP contribution in [0.1, 0.15) is 284 Å². The molecule has 5 nitrogen and oxygen atoms in total. The molecule has 0 aromatic carbocycles. The largest absolute Gasteiger partial charge is 0.394 e. The second-order valence-corrected chi connectivity index (χ2v) is 17.4. The molecule has 324 valence electrons. The van der Waals surface area contributed by atoms with E-state index in [2.05, 4.69) is 19.2 Å². The summed E-state index contributed by atoms with van der Waals surface area (Å²) in [6, 6.07) is -0.802. The molecule has 0 saturated heterocycles. The molecule has 0 aliphatic carbocycles. The molecule has 3 atom stereocenters. The van der Waals surface area contributed by atoms with Gasteiger partial charge in [-0.1, -0.05) is 264 Å². The van der Waals surface area contributed by atoms with Crippen LogP contribution in [-0.4, -0.2) is 46.1 Å². The Balaban J connectivity index is 3.48. The number of unbranched alkanes of at least 4 members (excludes halogenated alkanes) is 38. The van der Waals surface area contributed by atoms with Crippen LogP contribution in [0.25, 0.3) is 0 Å². The summed E-state index contributed by atoms with van der Waals surface area (Å²) in [5, 5.41) is 33.6. The third-order valence-corrected chi connectivity index (χ3v) is 12.0. The van der Waals surface area contributed by atoms with E-state index in [1.54, 1.807) is 0 Å². The Morgan fingerprint density at radius 2 is 0.630 bits per heavy atom. The summed E-state index contributed by atoms with van der Waals surface area (Å²) in [5.41, 5.74) is 0. The molecule has 0 bridgehead atoms. The van der Waals surface area contributed by atoms with Gasteiger partial charge in [0.05, 0.1) is 18.8 Å². The van der Waals surface area contributed by atoms with Crippen LogP contribution in [0.3, 0.4) is 0 Å². The first kappa shape index (κ1) is 53.4. The number of carbonyl (C=O) groups is 1. The van der Waals surface area contributed by atoms with Crippen LogP contribution in [0.15, 0.2) is 0 Å². The fourth-order valence-electron chi connectivity index (χ4n) is 8.11. The predicted octanol–water partition coefficient (Wildman–Crippen LogP) is 14.6. The van der Waals surface area contributed by atoms with Gasteiger partial charge in [-0.2, -0.15) is 0 Å². The van der Waals surface area contributed by atoms with Crippen molar-refractivity contribution in [3.8, 4) is 0 Å². The summed E-state index contributed by atoms with van der Waals surface area (Å²) in [7, 11) is 0. The Bertz CT molecular complexity index is 718. The van der Waals surface area contributed by atoms with Crippen molar-refractivity contribution in [1.29, 1.82) is 0 Å². The van der Waals surface area contributed by atoms with Crippen LogP contribution >= 0.6 is 0 Å². The van der Waals surface area contributed by atoms with Crippen LogP contribution in [0, 0.1) is 0 Å². The minimum absolute atomic E-state index is 0.138. The molecule has 1 amide bonds. The van der Waals surface area contributed by atoms with E-state index in [0.717, 1.165) is 32.1 Å². The number of rotatable bonds is 46. The zero-order chi connectivity index (χ0) is 39.4. The topological polar surface area (TPSA) is 89.8 Å². The summed E-state index contributed by atoms with van der Waals surface area (Å²) >= 11 is 0. The number of nitrogens with one attached hydrogen (secondary N) is 1. The molecule has 0 unspecified atom stereocenters. The van der Waals surface area contributed by atoms with Gasteiger partial charge in [-0.3, -0.25) is 4.79 Å². The average molecular weight is 766 g/mol. The van der Waals surface area contributed by atoms with Gasteiger partial charge in [0, 0.05) is 6.42 Å². The first-order valence-corrected chi connectivity index (χ1v) is 24.8. The number of aliphatic hydroxyl groups is 3. The van der Waals surface area contributed by atoms with Gasteiger partial charge >= 0.3 is 0 Å². The SMILES string of the molecule is CCCCCCCCCCCCCCCCCCCCCCCCCCCCCC(=O)N[C@@H](CO)[C@H](O)[C@H](O)CCCCCCCCCCCCCCC. The summed E-state index contributed by atoms with van der Waals surface area (Å²) in [6.07, 6.45) is 52.4. The maximum Gasteiger partial charge on any atom is 0.220 e. The van der Waals surface area contributed by atoms with Gasteiger partial charge in [0.15, 0.2) is 0 Å². The Morgan fingerprint density at radius 3 is 0.889 bits per heavy atom. The molecular weight excluding hydrogens is 667 g/mol. The van der Waals surface area contributed by atoms with Crippen molar-refractivity contribution >= 4 is 5.91 Å². The first-order chi connectivity index (χ1) is 26.6. The van der Waals surface area contributed by atoms with Crippen LogP contribution in [-0.2, 0) is 4.79 Å². The number of hydrogen-bond donors (Lipinski definition) is 4. The molecule has 0 aromatic heterocycles. The standard InChI is InChI=1S/C49H99NO4/c1-3-5-7-9-11-13-15-17-18-19-20-21-22-23-24-25-26-27-28-29-30-32-34-36-38-40-42-44-48(53)50-46(45-51)49(54)47(52)43-41-39-37-35-33-31-16-14-12-10-8-6-4-2/h46-47,49,51-52,54H,3-45H2,1-2H3,(H,50,53)/t46-,47+,49-/m0/s1. The highest BCUT2D eigenvalue weighted by Gasteiger charge is 2.26. The highest BCUT2D eigenvalue weighted by Crippen LogP contribution is 2.18. The average Bonchev–Trinajstić information content (AvgIpc) is 3.18. The zero-order valence-corrected chi connectivity index (χ0v) is 36.9. The molecule has 0 spiro atoms. The third kappa shape index (κ3) is 39.6. The number of hydrogen-bond acceptors (Lipinski definition) is 4. The number of aliphatic hydroxyl groups excluding tert-OH is 3. The van der Waals surface area contributed by atoms with E-state index in [4.69, 9.17) is 0 Å². The highest BCUT2D eigenvalue weighted by molar-refractivity contribution is 5.76. The Kier molecular flexibility index (Phi) is 44.5. The van der Waals surface area contributed by atoms with Crippen molar-refractivity contribution in [2.75, 3.05) is 6.61 Å². The van der Waals surface area contributed by atoms with Crippen molar-refractivity contribution in [2.24, 2.45) is 0 Å². The third-order valence-electron chi connectivity index (χ3n) is 12.0. The van der Waals surface area contributed by atoms with Crippen molar-refractivity contribution in [2.45, 2.75) is 302 Å². The maximum atomic E-state index is 12.5. The zero-order valence-electron chi connectivity index (χ0n) is 36.9. The molecule has 54 heavy (non-hydrogen) atoms. The van der Waals surface area contributed by atoms with Gasteiger partial charge in [-0.05, 0) is 12.8 Å². The van der Waals surface area contributed by atoms with Crippen LogP contribution in [0.5, 0.6) is 0 Å². The quantitative estimate of drug-likeness (QED) is 0.0465. The summed E-state index contributed by atoms with van der Waals surface area (Å²) in [6.45, 7) is 4.20. The molecule has 0 radical (unpaired) electrons. The lowest BCUT2D eigenvalue weighted by Gasteiger charge is -2.26. The lowest BCUT2D eigenvalue weighted by molar-refractivity contribution is -0.124. The fraction of sp³-hybridized carbons (Fsp3) is 0.980. The molecule has 5 heteroatoms. The van der Waals surface area contributed by atoms with Crippen molar-refractivity contribution in [3.63, 3.8) is 0 Å². The summed E-state index contributed by atoms with van der Waals surface area (Å²) in [4.78, 5) is 12.5. The minimum Gasteiger partial charge on any atom is -0.394 e. The lowest BCUT2D eigenvalue weighted by Crippen LogP contribution is -2.50. The van der Waals surface area contributed by atoms with Crippen molar-refractivity contribution in [3.05, 3.63) is 0 Å². The van der Waals surface area contributed by atoms with Crippen LogP contribution in [0.4, 0.5) is 0 Å². The smallest absolute Gasteiger partial charge is 0.220 e. The number of amides is 1. The van der Waals surface area contributed by atoms with Gasteiger partial charge in [0.25, 0.3) is 0 Å². The monoisotopic (exact) mass is 766 g/mol. The first-order valence-electron chi connectivity index (χ1n) is 24.8. The van der Waals surface area contributed by atoms with E-state index in [1.807, 2.05) is 0 Å². The van der Waals surface area contributed by atoms with E-state index in [-0.39, 0.29) is 12.5 Å². The van der Waals surface area contributed by atoms with E-state index in [0.29, 0.717) is 12.8 Å². The number of carbonyl (C=O) groups excluding carboxylic acids is 1. The Hall–Kier alpha value is -0.650. The maximum absolute atomic E-state index is 12.5. The van der Waals surface area contributed by atoms with Crippen molar-refractivity contribution in [1.82, 2.24) is 5.32 Å². The second-order valence-electron chi connectivity index (χ2n) is 17.4. The van der Waals surface area contributed by atoms with Crippen LogP contribution < -0.4 is 5.32 Å². The lowest BCUT2D eigenvalue weighted by atomic mass is 9.99. The second kappa shape index (κ2) is 45.1. The predicted molar refractivity (Wildman–Crippen MR) is 236 cm³/mol. The molecule has 0 aromatic rings. The summed E-state index contributed by atoms with van der Waals surface area (Å²) in [5.74, 6) is -0.138. The molecular formula is C49H99NO4. The highest BCUT2D eigenvalue weighted by atomic mass is 16.3. The molecule has 0 heterocycles. The van der Waals surface area contributed by atoms with E-state index in [9.17, 15) is 20.1 Å².